The molecule has 0 saturated carbocycles. The Balaban J connectivity index is 2.64. The van der Waals surface area contributed by atoms with Gasteiger partial charge in [0.2, 0.25) is 11.8 Å². The number of alkyl carbamates (subject to hydrolysis) is 1. The Labute approximate surface area is 269 Å². The molecule has 2 N–H and O–H groups in total. The van der Waals surface area contributed by atoms with Gasteiger partial charge in [0, 0.05) is 12.5 Å². The number of ether oxygens (including phenoxy) is 2. The van der Waals surface area contributed by atoms with Gasteiger partial charge in [-0.3, -0.25) is 9.59 Å². The van der Waals surface area contributed by atoms with Gasteiger partial charge in [-0.25, -0.2) is 9.59 Å². The van der Waals surface area contributed by atoms with E-state index in [-0.39, 0.29) is 12.3 Å². The van der Waals surface area contributed by atoms with Gasteiger partial charge in [-0.2, -0.15) is 0 Å². The lowest BCUT2D eigenvalue weighted by molar-refractivity contribution is -0.159. The Morgan fingerprint density at radius 3 is 1.89 bits per heavy atom. The van der Waals surface area contributed by atoms with Gasteiger partial charge in [-0.1, -0.05) is 67.9 Å². The first kappa shape index (κ1) is 37.3. The van der Waals surface area contributed by atoms with Gasteiger partial charge < -0.3 is 25.0 Å². The largest absolute Gasteiger partial charge is 0.458 e. The summed E-state index contributed by atoms with van der Waals surface area (Å²) in [6, 6.07) is 11.5. The van der Waals surface area contributed by atoms with E-state index in [0.717, 1.165) is 16.7 Å². The van der Waals surface area contributed by atoms with Crippen LogP contribution in [0.5, 0.6) is 0 Å². The molecule has 9 heteroatoms. The highest BCUT2D eigenvalue weighted by molar-refractivity contribution is 5.94. The number of aryl methyl sites for hydroxylation is 2. The van der Waals surface area contributed by atoms with E-state index in [1.165, 1.54) is 4.90 Å². The maximum absolute atomic E-state index is 14.5. The number of amides is 3. The highest BCUT2D eigenvalue weighted by atomic mass is 16.6. The monoisotopic (exact) mass is 623 g/mol. The molecule has 0 radical (unpaired) electrons. The minimum absolute atomic E-state index is 0.200. The molecule has 248 valence electrons. The van der Waals surface area contributed by atoms with Crippen molar-refractivity contribution in [2.45, 2.75) is 125 Å². The van der Waals surface area contributed by atoms with Gasteiger partial charge in [-0.15, -0.1) is 0 Å². The fourth-order valence-corrected chi connectivity index (χ4v) is 4.93. The number of nitrogens with zero attached hydrogens (tertiary/aromatic N) is 1. The number of hydrogen-bond donors (Lipinski definition) is 2. The third kappa shape index (κ3) is 11.5. The summed E-state index contributed by atoms with van der Waals surface area (Å²) < 4.78 is 11.2. The van der Waals surface area contributed by atoms with Crippen LogP contribution in [0, 0.1) is 19.8 Å². The van der Waals surface area contributed by atoms with Gasteiger partial charge >= 0.3 is 12.1 Å². The number of nitrogens with one attached hydrogen (secondary N) is 2. The zero-order valence-electron chi connectivity index (χ0n) is 29.1. The van der Waals surface area contributed by atoms with Crippen LogP contribution in [0.25, 0.3) is 0 Å². The molecule has 9 nitrogen and oxygen atoms in total. The first-order valence-corrected chi connectivity index (χ1v) is 15.7. The minimum atomic E-state index is -1.11. The molecule has 3 unspecified atom stereocenters. The minimum Gasteiger partial charge on any atom is -0.458 e. The molecule has 0 saturated heterocycles. The average Bonchev–Trinajstić information content (AvgIpc) is 2.89. The van der Waals surface area contributed by atoms with E-state index in [1.807, 2.05) is 90.1 Å². The molecule has 0 bridgehead atoms. The fraction of sp³-hybridized carbons (Fsp3) is 0.556. The zero-order valence-corrected chi connectivity index (χ0v) is 29.1. The second kappa shape index (κ2) is 15.4. The molecule has 3 atom stereocenters. The molecule has 0 aliphatic heterocycles. The summed E-state index contributed by atoms with van der Waals surface area (Å²) in [5.41, 5.74) is 1.64. The van der Waals surface area contributed by atoms with E-state index in [2.05, 4.69) is 10.6 Å². The van der Waals surface area contributed by atoms with Crippen molar-refractivity contribution in [2.75, 3.05) is 0 Å². The summed E-state index contributed by atoms with van der Waals surface area (Å²) in [5, 5.41) is 5.68. The normalized spacial score (nSPS) is 13.9. The van der Waals surface area contributed by atoms with E-state index in [0.29, 0.717) is 5.56 Å². The smallest absolute Gasteiger partial charge is 0.408 e. The zero-order chi connectivity index (χ0) is 34.3. The molecule has 0 aromatic heterocycles. The molecule has 0 aliphatic rings. The maximum Gasteiger partial charge on any atom is 0.408 e. The van der Waals surface area contributed by atoms with Crippen LogP contribution < -0.4 is 10.6 Å². The van der Waals surface area contributed by atoms with E-state index in [1.54, 1.807) is 41.5 Å². The van der Waals surface area contributed by atoms with Crippen LogP contribution in [-0.2, 0) is 30.3 Å². The summed E-state index contributed by atoms with van der Waals surface area (Å²) in [4.78, 5) is 56.7. The second-order valence-electron chi connectivity index (χ2n) is 14.3. The number of esters is 1. The first-order chi connectivity index (χ1) is 20.7. The van der Waals surface area contributed by atoms with E-state index >= 15 is 0 Å². The van der Waals surface area contributed by atoms with Crippen molar-refractivity contribution in [3.63, 3.8) is 0 Å². The standard InChI is InChI=1S/C36H53N3O6/c1-22(2)29(38-34(43)45-36(10,11)12)32(41)39(23(3)4)30(27-20-24(5)18-19-25(27)6)31(40)37-28(33(42)44-35(7,8)9)21-26-16-14-13-15-17-26/h13-20,22-23,28-30H,21H2,1-12H3,(H,37,40)(H,38,43). The number of carbonyl (C=O) groups is 4. The summed E-state index contributed by atoms with van der Waals surface area (Å²) in [7, 11) is 0. The SMILES string of the molecule is Cc1ccc(C)c(C(C(=O)NC(Cc2ccccc2)C(=O)OC(C)(C)C)N(C(=O)C(NC(=O)OC(C)(C)C)C(C)C)C(C)C)c1. The topological polar surface area (TPSA) is 114 Å². The molecule has 0 heterocycles. The number of rotatable bonds is 11. The lowest BCUT2D eigenvalue weighted by atomic mass is 9.93. The third-order valence-electron chi connectivity index (χ3n) is 6.96. The van der Waals surface area contributed by atoms with Gasteiger partial charge in [0.25, 0.3) is 0 Å². The van der Waals surface area contributed by atoms with Crippen LogP contribution >= 0.6 is 0 Å². The lowest BCUT2D eigenvalue weighted by Crippen LogP contribution is -2.58. The summed E-state index contributed by atoms with van der Waals surface area (Å²) in [6.45, 7) is 21.6. The Morgan fingerprint density at radius 2 is 1.38 bits per heavy atom. The Hall–Kier alpha value is -3.88. The van der Waals surface area contributed by atoms with Crippen molar-refractivity contribution in [2.24, 2.45) is 5.92 Å². The van der Waals surface area contributed by atoms with Crippen LogP contribution in [0.15, 0.2) is 48.5 Å². The van der Waals surface area contributed by atoms with Crippen LogP contribution in [0.2, 0.25) is 0 Å². The quantitative estimate of drug-likeness (QED) is 0.288. The van der Waals surface area contributed by atoms with Gasteiger partial charge in [0.1, 0.15) is 29.3 Å². The van der Waals surface area contributed by atoms with Gasteiger partial charge in [-0.05, 0) is 91.8 Å². The van der Waals surface area contributed by atoms with Crippen molar-refractivity contribution >= 4 is 23.9 Å². The second-order valence-corrected chi connectivity index (χ2v) is 14.3. The Morgan fingerprint density at radius 1 is 0.800 bits per heavy atom. The highest BCUT2D eigenvalue weighted by Crippen LogP contribution is 2.30. The van der Waals surface area contributed by atoms with Gasteiger partial charge in [0.05, 0.1) is 0 Å². The highest BCUT2D eigenvalue weighted by Gasteiger charge is 2.41. The van der Waals surface area contributed by atoms with Crippen molar-refractivity contribution in [1.82, 2.24) is 15.5 Å². The molecule has 0 aliphatic carbocycles. The summed E-state index contributed by atoms with van der Waals surface area (Å²) in [5.74, 6) is -1.87. The van der Waals surface area contributed by atoms with Crippen LogP contribution in [0.1, 0.15) is 97.5 Å². The molecule has 0 spiro atoms. The van der Waals surface area contributed by atoms with Crippen LogP contribution in [0.3, 0.4) is 0 Å². The number of benzene rings is 2. The Kier molecular flexibility index (Phi) is 12.8. The maximum atomic E-state index is 14.5. The van der Waals surface area contributed by atoms with E-state index in [9.17, 15) is 19.2 Å². The predicted molar refractivity (Wildman–Crippen MR) is 177 cm³/mol. The average molecular weight is 624 g/mol. The lowest BCUT2D eigenvalue weighted by Gasteiger charge is -2.39. The van der Waals surface area contributed by atoms with Gasteiger partial charge in [0.15, 0.2) is 0 Å². The molecular weight excluding hydrogens is 570 g/mol. The number of carbonyl (C=O) groups excluding carboxylic acids is 4. The van der Waals surface area contributed by atoms with Crippen molar-refractivity contribution in [3.8, 4) is 0 Å². The van der Waals surface area contributed by atoms with Crippen LogP contribution in [-0.4, -0.2) is 58.1 Å². The van der Waals surface area contributed by atoms with E-state index < -0.39 is 59.2 Å². The molecule has 3 amide bonds. The summed E-state index contributed by atoms with van der Waals surface area (Å²) >= 11 is 0. The molecular formula is C36H53N3O6. The van der Waals surface area contributed by atoms with Crippen molar-refractivity contribution in [3.05, 3.63) is 70.8 Å². The number of hydrogen-bond acceptors (Lipinski definition) is 6. The van der Waals surface area contributed by atoms with Crippen molar-refractivity contribution < 1.29 is 28.7 Å². The molecule has 2 aromatic rings. The predicted octanol–water partition coefficient (Wildman–Crippen LogP) is 6.20. The van der Waals surface area contributed by atoms with E-state index in [4.69, 9.17) is 9.47 Å². The molecule has 0 fully saturated rings. The molecule has 2 aromatic carbocycles. The molecule has 2 rings (SSSR count). The third-order valence-corrected chi connectivity index (χ3v) is 6.96. The Bertz CT molecular complexity index is 1320. The summed E-state index contributed by atoms with van der Waals surface area (Å²) in [6.07, 6.45) is -0.523. The first-order valence-electron chi connectivity index (χ1n) is 15.7. The molecule has 45 heavy (non-hydrogen) atoms. The van der Waals surface area contributed by atoms with Crippen LogP contribution in [0.4, 0.5) is 4.79 Å². The van der Waals surface area contributed by atoms with Crippen molar-refractivity contribution in [1.29, 1.82) is 0 Å². The fourth-order valence-electron chi connectivity index (χ4n) is 4.93.